The molecule has 0 spiro atoms. The number of nitrogens with one attached hydrogen (secondary N) is 1. The number of carbonyl (C=O) groups excluding carboxylic acids is 1. The Morgan fingerprint density at radius 1 is 1.43 bits per heavy atom. The van der Waals surface area contributed by atoms with Crippen molar-refractivity contribution < 1.29 is 9.90 Å². The summed E-state index contributed by atoms with van der Waals surface area (Å²) in [7, 11) is 0. The highest BCUT2D eigenvalue weighted by Gasteiger charge is 2.24. The van der Waals surface area contributed by atoms with E-state index in [0.29, 0.717) is 34.6 Å². The largest absolute Gasteiger partial charge is 0.391 e. The molecule has 1 saturated heterocycles. The molecule has 1 fully saturated rings. The first-order chi connectivity index (χ1) is 10.1. The predicted octanol–water partition coefficient (Wildman–Crippen LogP) is 0.347. The number of anilines is 3. The Kier molecular flexibility index (Phi) is 3.67. The van der Waals surface area contributed by atoms with Crippen LogP contribution in [0.15, 0.2) is 18.6 Å². The minimum Gasteiger partial charge on any atom is -0.391 e. The molecule has 0 radical (unpaired) electrons. The summed E-state index contributed by atoms with van der Waals surface area (Å²) in [6, 6.07) is 0. The monoisotopic (exact) mass is 306 g/mol. The molecule has 0 saturated carbocycles. The first-order valence-electron chi connectivity index (χ1n) is 6.40. The number of amides is 1. The summed E-state index contributed by atoms with van der Waals surface area (Å²) in [6.45, 7) is 1.25. The van der Waals surface area contributed by atoms with Crippen molar-refractivity contribution in [2.45, 2.75) is 12.5 Å². The van der Waals surface area contributed by atoms with Crippen LogP contribution in [0.25, 0.3) is 0 Å². The van der Waals surface area contributed by atoms with Gasteiger partial charge in [-0.3, -0.25) is 4.79 Å². The molecule has 0 bridgehead atoms. The van der Waals surface area contributed by atoms with Gasteiger partial charge in [-0.05, 0) is 6.42 Å². The van der Waals surface area contributed by atoms with Crippen LogP contribution in [0.4, 0.5) is 16.8 Å². The summed E-state index contributed by atoms with van der Waals surface area (Å²) < 4.78 is 0. The van der Waals surface area contributed by atoms with Crippen molar-refractivity contribution in [1.29, 1.82) is 0 Å². The van der Waals surface area contributed by atoms with Gasteiger partial charge in [0.2, 0.25) is 0 Å². The van der Waals surface area contributed by atoms with E-state index in [1.807, 2.05) is 4.90 Å². The second-order valence-electron chi connectivity index (χ2n) is 4.64. The molecule has 110 valence electrons. The molecular formula is C12H14N6O2S. The summed E-state index contributed by atoms with van der Waals surface area (Å²) in [5, 5.41) is 13.2. The molecule has 4 N–H and O–H groups in total. The highest BCUT2D eigenvalue weighted by molar-refractivity contribution is 7.17. The van der Waals surface area contributed by atoms with E-state index in [4.69, 9.17) is 5.73 Å². The molecular weight excluding hydrogens is 292 g/mol. The fraction of sp³-hybridized carbons (Fsp3) is 0.333. The number of carbonyl (C=O) groups is 1. The van der Waals surface area contributed by atoms with Gasteiger partial charge in [0.05, 0.1) is 12.3 Å². The standard InChI is InChI=1S/C12H14N6O2S/c13-9(20)8-5-16-12(21-8)17-10-11(15-3-2-14-10)18-4-1-7(19)6-18/h2-3,5,7,19H,1,4,6H2,(H2,13,20)(H,14,16,17). The van der Waals surface area contributed by atoms with Gasteiger partial charge in [-0.15, -0.1) is 0 Å². The number of nitrogens with two attached hydrogens (primary N) is 1. The van der Waals surface area contributed by atoms with Crippen LogP contribution >= 0.6 is 11.3 Å². The molecule has 1 aliphatic heterocycles. The molecule has 1 unspecified atom stereocenters. The van der Waals surface area contributed by atoms with Gasteiger partial charge in [0, 0.05) is 25.5 Å². The van der Waals surface area contributed by atoms with Crippen molar-refractivity contribution in [3.8, 4) is 0 Å². The van der Waals surface area contributed by atoms with Crippen LogP contribution in [-0.4, -0.2) is 45.2 Å². The highest BCUT2D eigenvalue weighted by atomic mass is 32.1. The van der Waals surface area contributed by atoms with Crippen molar-refractivity contribution in [2.24, 2.45) is 5.73 Å². The van der Waals surface area contributed by atoms with Crippen LogP contribution in [0.3, 0.4) is 0 Å². The Labute approximate surface area is 124 Å². The van der Waals surface area contributed by atoms with Crippen LogP contribution in [0.5, 0.6) is 0 Å². The molecule has 21 heavy (non-hydrogen) atoms. The maximum atomic E-state index is 11.1. The Hall–Kier alpha value is -2.26. The normalized spacial score (nSPS) is 18.0. The van der Waals surface area contributed by atoms with Crippen LogP contribution in [-0.2, 0) is 0 Å². The first-order valence-corrected chi connectivity index (χ1v) is 7.22. The number of nitrogens with zero attached hydrogens (tertiary/aromatic N) is 4. The molecule has 0 aromatic carbocycles. The summed E-state index contributed by atoms with van der Waals surface area (Å²) >= 11 is 1.16. The van der Waals surface area contributed by atoms with Crippen LogP contribution < -0.4 is 16.0 Å². The van der Waals surface area contributed by atoms with Gasteiger partial charge in [-0.2, -0.15) is 0 Å². The van der Waals surface area contributed by atoms with Crippen molar-refractivity contribution >= 4 is 34.0 Å². The van der Waals surface area contributed by atoms with E-state index in [-0.39, 0.29) is 6.10 Å². The van der Waals surface area contributed by atoms with Gasteiger partial charge in [-0.25, -0.2) is 15.0 Å². The minimum atomic E-state index is -0.511. The molecule has 9 heteroatoms. The fourth-order valence-electron chi connectivity index (χ4n) is 2.13. The molecule has 2 aromatic rings. The molecule has 8 nitrogen and oxygen atoms in total. The van der Waals surface area contributed by atoms with E-state index in [2.05, 4.69) is 20.3 Å². The second-order valence-corrected chi connectivity index (χ2v) is 5.67. The maximum absolute atomic E-state index is 11.1. The Morgan fingerprint density at radius 3 is 2.90 bits per heavy atom. The number of rotatable bonds is 4. The third kappa shape index (κ3) is 2.93. The van der Waals surface area contributed by atoms with Crippen LogP contribution in [0.1, 0.15) is 16.1 Å². The van der Waals surface area contributed by atoms with E-state index in [1.165, 1.54) is 6.20 Å². The lowest BCUT2D eigenvalue weighted by Crippen LogP contribution is -2.23. The second kappa shape index (κ2) is 5.62. The van der Waals surface area contributed by atoms with Gasteiger partial charge >= 0.3 is 0 Å². The number of aliphatic hydroxyl groups is 1. The average Bonchev–Trinajstić information content (AvgIpc) is 3.09. The number of β-amino-alcohol motifs (C(OH)–C–C–N with tert-alkyl or cyclic N) is 1. The third-order valence-corrected chi connectivity index (χ3v) is 4.04. The number of aliphatic hydroxyl groups excluding tert-OH is 1. The van der Waals surface area contributed by atoms with E-state index >= 15 is 0 Å². The predicted molar refractivity (Wildman–Crippen MR) is 78.8 cm³/mol. The Balaban J connectivity index is 1.83. The van der Waals surface area contributed by atoms with Gasteiger partial charge < -0.3 is 21.1 Å². The van der Waals surface area contributed by atoms with Gasteiger partial charge in [0.25, 0.3) is 5.91 Å². The quantitative estimate of drug-likeness (QED) is 0.746. The van der Waals surface area contributed by atoms with Crippen molar-refractivity contribution in [3.05, 3.63) is 23.5 Å². The summed E-state index contributed by atoms with van der Waals surface area (Å²) in [6.07, 6.45) is 4.95. The Morgan fingerprint density at radius 2 is 2.24 bits per heavy atom. The van der Waals surface area contributed by atoms with E-state index < -0.39 is 5.91 Å². The van der Waals surface area contributed by atoms with E-state index in [0.717, 1.165) is 17.9 Å². The molecule has 3 heterocycles. The van der Waals surface area contributed by atoms with E-state index in [1.54, 1.807) is 12.4 Å². The molecule has 2 aromatic heterocycles. The summed E-state index contributed by atoms with van der Waals surface area (Å²) in [5.74, 6) is 0.685. The maximum Gasteiger partial charge on any atom is 0.260 e. The number of aromatic nitrogens is 3. The number of primary amides is 1. The zero-order valence-electron chi connectivity index (χ0n) is 11.1. The summed E-state index contributed by atoms with van der Waals surface area (Å²) in [4.78, 5) is 26.1. The molecule has 0 aliphatic carbocycles. The van der Waals surface area contributed by atoms with Gasteiger partial charge in [-0.1, -0.05) is 11.3 Å². The highest BCUT2D eigenvalue weighted by Crippen LogP contribution is 2.28. The SMILES string of the molecule is NC(=O)c1cnc(Nc2nccnc2N2CCC(O)C2)s1. The first kappa shape index (κ1) is 13.7. The average molecular weight is 306 g/mol. The van der Waals surface area contributed by atoms with Crippen molar-refractivity contribution in [2.75, 3.05) is 23.3 Å². The van der Waals surface area contributed by atoms with Crippen molar-refractivity contribution in [3.63, 3.8) is 0 Å². The molecule has 1 amide bonds. The lowest BCUT2D eigenvalue weighted by Gasteiger charge is -2.18. The topological polar surface area (TPSA) is 117 Å². The molecule has 3 rings (SSSR count). The summed E-state index contributed by atoms with van der Waals surface area (Å²) in [5.41, 5.74) is 5.20. The van der Waals surface area contributed by atoms with Crippen molar-refractivity contribution in [1.82, 2.24) is 15.0 Å². The van der Waals surface area contributed by atoms with Gasteiger partial charge in [0.15, 0.2) is 16.8 Å². The number of thiazole rings is 1. The van der Waals surface area contributed by atoms with Crippen LogP contribution in [0.2, 0.25) is 0 Å². The lowest BCUT2D eigenvalue weighted by molar-refractivity contribution is 0.100. The number of hydrogen-bond acceptors (Lipinski definition) is 8. The molecule has 1 atom stereocenters. The zero-order valence-corrected chi connectivity index (χ0v) is 11.9. The number of hydrogen-bond donors (Lipinski definition) is 3. The Bertz CT molecular complexity index is 661. The fourth-order valence-corrected chi connectivity index (χ4v) is 2.80. The van der Waals surface area contributed by atoms with E-state index in [9.17, 15) is 9.90 Å². The molecule has 1 aliphatic rings. The van der Waals surface area contributed by atoms with Crippen LogP contribution in [0, 0.1) is 0 Å². The lowest BCUT2D eigenvalue weighted by atomic mass is 10.3. The van der Waals surface area contributed by atoms with Gasteiger partial charge in [0.1, 0.15) is 4.88 Å². The zero-order chi connectivity index (χ0) is 14.8. The minimum absolute atomic E-state index is 0.346. The third-order valence-electron chi connectivity index (χ3n) is 3.12. The smallest absolute Gasteiger partial charge is 0.260 e.